The predicted molar refractivity (Wildman–Crippen MR) is 128 cm³/mol. The van der Waals surface area contributed by atoms with Crippen LogP contribution in [0.15, 0.2) is 30.6 Å². The molecule has 1 atom stereocenters. The molecule has 0 aliphatic carbocycles. The maximum atomic E-state index is 10.6. The van der Waals surface area contributed by atoms with Crippen molar-refractivity contribution < 1.29 is 50.9 Å². The number of nitrogens with zero attached hydrogens (tertiary/aromatic N) is 4. The van der Waals surface area contributed by atoms with Gasteiger partial charge in [0.05, 0.1) is 13.2 Å². The minimum Gasteiger partial charge on any atom is -0.475 e. The van der Waals surface area contributed by atoms with E-state index < -0.39 is 24.3 Å². The lowest BCUT2D eigenvalue weighted by molar-refractivity contribution is -0.193. The van der Waals surface area contributed by atoms with Crippen LogP contribution in [-0.4, -0.2) is 88.8 Å². The molecule has 218 valence electrons. The summed E-state index contributed by atoms with van der Waals surface area (Å²) in [4.78, 5) is 34.5. The fourth-order valence-corrected chi connectivity index (χ4v) is 5.03. The number of carboxylic acids is 2. The van der Waals surface area contributed by atoms with Gasteiger partial charge in [-0.05, 0) is 44.5 Å². The molecule has 0 amide bonds. The molecule has 2 saturated heterocycles. The second-order valence-corrected chi connectivity index (χ2v) is 10.3. The molecule has 2 aromatic heterocycles. The van der Waals surface area contributed by atoms with E-state index in [1.165, 1.54) is 29.1 Å². The van der Waals surface area contributed by atoms with E-state index in [1.54, 1.807) is 0 Å². The van der Waals surface area contributed by atoms with E-state index in [1.807, 2.05) is 29.8 Å². The zero-order valence-corrected chi connectivity index (χ0v) is 21.7. The Morgan fingerprint density at radius 2 is 1.62 bits per heavy atom. The smallest absolute Gasteiger partial charge is 0.475 e. The molecular weight excluding hydrogens is 558 g/mol. The number of alkyl halides is 6. The van der Waals surface area contributed by atoms with Crippen LogP contribution in [0.2, 0.25) is 0 Å². The lowest BCUT2D eigenvalue weighted by Gasteiger charge is -2.43. The number of hydrogen-bond donors (Lipinski definition) is 2. The third kappa shape index (κ3) is 11.0. The van der Waals surface area contributed by atoms with Crippen LogP contribution >= 0.6 is 11.3 Å². The maximum Gasteiger partial charge on any atom is 0.490 e. The fraction of sp³-hybridized carbons (Fsp3) is 0.565. The first kappa shape index (κ1) is 32.2. The van der Waals surface area contributed by atoms with E-state index in [0.717, 1.165) is 45.3 Å². The van der Waals surface area contributed by atoms with Crippen molar-refractivity contribution in [1.82, 2.24) is 14.9 Å². The molecule has 4 rings (SSSR count). The van der Waals surface area contributed by atoms with E-state index in [0.29, 0.717) is 0 Å². The van der Waals surface area contributed by atoms with E-state index >= 15 is 0 Å². The molecular formula is C23H28F6N4O5S. The second-order valence-electron chi connectivity index (χ2n) is 8.96. The number of aryl methyl sites for hydroxylation is 1. The number of ether oxygens (including phenoxy) is 1. The van der Waals surface area contributed by atoms with Gasteiger partial charge in [-0.25, -0.2) is 19.6 Å². The molecule has 0 saturated carbocycles. The molecule has 2 aliphatic rings. The zero-order chi connectivity index (χ0) is 29.3. The number of likely N-dealkylation sites (tertiary alicyclic amines) is 1. The molecule has 16 heteroatoms. The molecule has 2 aliphatic heterocycles. The highest BCUT2D eigenvalue weighted by Gasteiger charge is 2.40. The number of aromatic nitrogens is 2. The Morgan fingerprint density at radius 3 is 2.13 bits per heavy atom. The molecule has 1 unspecified atom stereocenters. The second kappa shape index (κ2) is 13.9. The standard InChI is InChI=1S/C19H26N4OS.2C2HF3O2/c1-16-4-5-17(25-16)12-22-9-2-6-19(13-22)14-23(10-11-24-15-19)18-20-7-3-8-21-18;2*3-2(4,5)1(6)7/h3-5,7-8H,2,6,9-15H2,1H3;2*(H,6,7). The highest BCUT2D eigenvalue weighted by Crippen LogP contribution is 2.35. The first-order chi connectivity index (χ1) is 18.1. The molecule has 2 aromatic rings. The molecule has 39 heavy (non-hydrogen) atoms. The van der Waals surface area contributed by atoms with Gasteiger partial charge in [0.15, 0.2) is 0 Å². The largest absolute Gasteiger partial charge is 0.490 e. The Hall–Kier alpha value is -2.98. The van der Waals surface area contributed by atoms with Gasteiger partial charge < -0.3 is 19.8 Å². The number of halogens is 6. The van der Waals surface area contributed by atoms with Gasteiger partial charge in [-0.3, -0.25) is 4.90 Å². The topological polar surface area (TPSA) is 116 Å². The maximum absolute atomic E-state index is 10.6. The van der Waals surface area contributed by atoms with Gasteiger partial charge in [-0.15, -0.1) is 11.3 Å². The molecule has 2 fully saturated rings. The molecule has 4 heterocycles. The predicted octanol–water partition coefficient (Wildman–Crippen LogP) is 4.23. The third-order valence-corrected chi connectivity index (χ3v) is 6.66. The summed E-state index contributed by atoms with van der Waals surface area (Å²) in [5.74, 6) is -4.68. The summed E-state index contributed by atoms with van der Waals surface area (Å²) in [5.41, 5.74) is 0.181. The molecule has 9 nitrogen and oxygen atoms in total. The first-order valence-corrected chi connectivity index (χ1v) is 12.4. The van der Waals surface area contributed by atoms with Crippen molar-refractivity contribution >= 4 is 29.2 Å². The average molecular weight is 587 g/mol. The average Bonchev–Trinajstić information content (AvgIpc) is 3.14. The molecule has 1 spiro atoms. The van der Waals surface area contributed by atoms with Crippen LogP contribution in [0.3, 0.4) is 0 Å². The Bertz CT molecular complexity index is 1050. The quantitative estimate of drug-likeness (QED) is 0.510. The number of rotatable bonds is 3. The van der Waals surface area contributed by atoms with Crippen molar-refractivity contribution in [3.8, 4) is 0 Å². The Kier molecular flexibility index (Phi) is 11.5. The summed E-state index contributed by atoms with van der Waals surface area (Å²) in [6.07, 6.45) is -4.06. The number of thiophene rings is 1. The summed E-state index contributed by atoms with van der Waals surface area (Å²) in [6.45, 7) is 8.96. The summed E-state index contributed by atoms with van der Waals surface area (Å²) in [5, 5.41) is 14.2. The molecule has 2 N–H and O–H groups in total. The van der Waals surface area contributed by atoms with Gasteiger partial charge >= 0.3 is 24.3 Å². The summed E-state index contributed by atoms with van der Waals surface area (Å²) >= 11 is 1.91. The lowest BCUT2D eigenvalue weighted by Crippen LogP contribution is -2.50. The zero-order valence-electron chi connectivity index (χ0n) is 20.8. The SMILES string of the molecule is Cc1ccc(CN2CCCC3(COCCN(c4ncccn4)C3)C2)s1.O=C(O)C(F)(F)F.O=C(O)C(F)(F)F. The summed E-state index contributed by atoms with van der Waals surface area (Å²) in [6, 6.07) is 6.37. The van der Waals surface area contributed by atoms with Crippen molar-refractivity contribution in [2.24, 2.45) is 5.41 Å². The number of carboxylic acid groups (broad SMARTS) is 2. The third-order valence-electron chi connectivity index (χ3n) is 5.68. The number of anilines is 1. The van der Waals surface area contributed by atoms with E-state index in [2.05, 4.69) is 38.8 Å². The van der Waals surface area contributed by atoms with E-state index in [-0.39, 0.29) is 5.41 Å². The van der Waals surface area contributed by atoms with Crippen LogP contribution in [0, 0.1) is 12.3 Å². The first-order valence-electron chi connectivity index (χ1n) is 11.6. The van der Waals surface area contributed by atoms with Gasteiger partial charge in [0.25, 0.3) is 0 Å². The highest BCUT2D eigenvalue weighted by molar-refractivity contribution is 7.11. The Morgan fingerprint density at radius 1 is 1.03 bits per heavy atom. The minimum absolute atomic E-state index is 0.181. The normalized spacial score (nSPS) is 20.2. The lowest BCUT2D eigenvalue weighted by atomic mass is 9.80. The Balaban J connectivity index is 0.000000317. The van der Waals surface area contributed by atoms with Gasteiger partial charge in [0, 0.05) is 53.7 Å². The van der Waals surface area contributed by atoms with Crippen molar-refractivity contribution in [2.45, 2.75) is 38.7 Å². The fourth-order valence-electron chi connectivity index (χ4n) is 4.10. The van der Waals surface area contributed by atoms with Crippen LogP contribution in [0.1, 0.15) is 22.6 Å². The number of hydrogen-bond acceptors (Lipinski definition) is 8. The molecule has 0 radical (unpaired) electrons. The van der Waals surface area contributed by atoms with Crippen LogP contribution in [0.25, 0.3) is 0 Å². The summed E-state index contributed by atoms with van der Waals surface area (Å²) < 4.78 is 69.5. The van der Waals surface area contributed by atoms with E-state index in [4.69, 9.17) is 24.5 Å². The number of aliphatic carboxylic acids is 2. The van der Waals surface area contributed by atoms with Gasteiger partial charge in [0.1, 0.15) is 0 Å². The number of piperidine rings is 1. The minimum atomic E-state index is -5.08. The molecule has 0 bridgehead atoms. The van der Waals surface area contributed by atoms with Crippen molar-refractivity contribution in [2.75, 3.05) is 44.3 Å². The van der Waals surface area contributed by atoms with Gasteiger partial charge in [0.2, 0.25) is 5.95 Å². The Labute approximate surface area is 224 Å². The van der Waals surface area contributed by atoms with Crippen molar-refractivity contribution in [3.05, 3.63) is 40.3 Å². The van der Waals surface area contributed by atoms with Crippen molar-refractivity contribution in [1.29, 1.82) is 0 Å². The van der Waals surface area contributed by atoms with Crippen LogP contribution in [0.5, 0.6) is 0 Å². The van der Waals surface area contributed by atoms with Crippen LogP contribution in [-0.2, 0) is 20.9 Å². The van der Waals surface area contributed by atoms with Crippen LogP contribution in [0.4, 0.5) is 32.3 Å². The van der Waals surface area contributed by atoms with Crippen molar-refractivity contribution in [3.63, 3.8) is 0 Å². The summed E-state index contributed by atoms with van der Waals surface area (Å²) in [7, 11) is 0. The van der Waals surface area contributed by atoms with Crippen LogP contribution < -0.4 is 4.90 Å². The van der Waals surface area contributed by atoms with Gasteiger partial charge in [-0.1, -0.05) is 0 Å². The van der Waals surface area contributed by atoms with E-state index in [9.17, 15) is 26.3 Å². The van der Waals surface area contributed by atoms with Gasteiger partial charge in [-0.2, -0.15) is 26.3 Å². The number of carbonyl (C=O) groups is 2. The monoisotopic (exact) mass is 586 g/mol. The molecule has 0 aromatic carbocycles. The highest BCUT2D eigenvalue weighted by atomic mass is 32.1.